The van der Waals surface area contributed by atoms with Gasteiger partial charge in [0.25, 0.3) is 0 Å². The van der Waals surface area contributed by atoms with Gasteiger partial charge in [0, 0.05) is 23.0 Å². The number of carbonyl (C=O) groups is 1. The molecule has 0 saturated heterocycles. The Labute approximate surface area is 145 Å². The molecular weight excluding hydrogens is 320 g/mol. The highest BCUT2D eigenvalue weighted by atomic mass is 16.5. The lowest BCUT2D eigenvalue weighted by molar-refractivity contribution is 0.0946. The van der Waals surface area contributed by atoms with E-state index in [-0.39, 0.29) is 34.3 Å². The molecule has 5 heteroatoms. The Bertz CT molecular complexity index is 898. The van der Waals surface area contributed by atoms with E-state index in [4.69, 9.17) is 4.74 Å². The van der Waals surface area contributed by atoms with E-state index in [0.29, 0.717) is 29.2 Å². The van der Waals surface area contributed by atoms with Crippen LogP contribution in [-0.4, -0.2) is 27.2 Å². The van der Waals surface area contributed by atoms with E-state index >= 15 is 0 Å². The van der Waals surface area contributed by atoms with Gasteiger partial charge in [-0.2, -0.15) is 0 Å². The van der Waals surface area contributed by atoms with E-state index in [1.807, 2.05) is 13.8 Å². The van der Waals surface area contributed by atoms with Gasteiger partial charge in [-0.1, -0.05) is 13.8 Å². The van der Waals surface area contributed by atoms with Crippen molar-refractivity contribution in [1.29, 1.82) is 0 Å². The molecule has 2 saturated carbocycles. The number of carbonyl (C=O) groups excluding carboxylic acids is 1. The molecule has 25 heavy (non-hydrogen) atoms. The van der Waals surface area contributed by atoms with Crippen LogP contribution in [0, 0.1) is 11.3 Å². The van der Waals surface area contributed by atoms with Crippen molar-refractivity contribution in [3.63, 3.8) is 0 Å². The first-order valence-electron chi connectivity index (χ1n) is 8.97. The van der Waals surface area contributed by atoms with Crippen LogP contribution in [0.15, 0.2) is 11.3 Å². The number of aliphatic hydroxyl groups is 1. The second kappa shape index (κ2) is 4.14. The molecule has 0 amide bonds. The number of Topliss-reactive ketones (excluding diaryl/α,β-unsaturated/α-hetero) is 1. The van der Waals surface area contributed by atoms with E-state index in [0.717, 1.165) is 24.8 Å². The van der Waals surface area contributed by atoms with Gasteiger partial charge in [0.15, 0.2) is 17.3 Å². The van der Waals surface area contributed by atoms with Crippen LogP contribution < -0.4 is 4.74 Å². The van der Waals surface area contributed by atoms with Crippen LogP contribution in [0.5, 0.6) is 17.2 Å². The van der Waals surface area contributed by atoms with Gasteiger partial charge in [-0.05, 0) is 43.1 Å². The van der Waals surface area contributed by atoms with Crippen molar-refractivity contribution in [3.8, 4) is 17.2 Å². The van der Waals surface area contributed by atoms with Crippen molar-refractivity contribution in [1.82, 2.24) is 0 Å². The minimum absolute atomic E-state index is 0.0456. The first-order chi connectivity index (χ1) is 11.7. The number of aliphatic hydroxyl groups excluding tert-OH is 1. The molecule has 0 bridgehead atoms. The molecule has 0 unspecified atom stereocenters. The number of phenols is 2. The number of allylic oxidation sites excluding steroid dienone is 2. The summed E-state index contributed by atoms with van der Waals surface area (Å²) in [5.74, 6) is -0.231. The van der Waals surface area contributed by atoms with Crippen LogP contribution in [0.1, 0.15) is 61.5 Å². The van der Waals surface area contributed by atoms with E-state index in [9.17, 15) is 20.1 Å². The smallest absolute Gasteiger partial charge is 0.231 e. The molecule has 3 N–H and O–H groups in total. The molecule has 1 aromatic carbocycles. The Hall–Kier alpha value is -2.17. The summed E-state index contributed by atoms with van der Waals surface area (Å²) in [7, 11) is 0. The normalized spacial score (nSPS) is 37.8. The van der Waals surface area contributed by atoms with Crippen LogP contribution in [-0.2, 0) is 11.8 Å². The largest absolute Gasteiger partial charge is 0.507 e. The summed E-state index contributed by atoms with van der Waals surface area (Å²) >= 11 is 0. The predicted molar refractivity (Wildman–Crippen MR) is 90.4 cm³/mol. The third kappa shape index (κ3) is 1.53. The van der Waals surface area contributed by atoms with Crippen molar-refractivity contribution >= 4 is 5.78 Å². The van der Waals surface area contributed by atoms with Gasteiger partial charge in [-0.25, -0.2) is 0 Å². The Morgan fingerprint density at radius 1 is 1.16 bits per heavy atom. The van der Waals surface area contributed by atoms with Gasteiger partial charge in [0.2, 0.25) is 5.78 Å². The van der Waals surface area contributed by atoms with Crippen LogP contribution in [0.3, 0.4) is 0 Å². The molecule has 0 spiro atoms. The fraction of sp³-hybridized carbons (Fsp3) is 0.550. The van der Waals surface area contributed by atoms with Crippen molar-refractivity contribution in [2.75, 3.05) is 0 Å². The lowest BCUT2D eigenvalue weighted by Crippen LogP contribution is -2.40. The predicted octanol–water partition coefficient (Wildman–Crippen LogP) is 3.51. The Balaban J connectivity index is 1.86. The lowest BCUT2D eigenvalue weighted by Gasteiger charge is -2.44. The minimum atomic E-state index is -0.666. The molecule has 1 heterocycles. The number of fused-ring (bicyclic) bond motifs is 6. The number of hydrogen-bond acceptors (Lipinski definition) is 5. The Morgan fingerprint density at radius 3 is 2.60 bits per heavy atom. The topological polar surface area (TPSA) is 87.0 Å². The average Bonchev–Trinajstić information content (AvgIpc) is 3.05. The van der Waals surface area contributed by atoms with E-state index in [2.05, 4.69) is 6.92 Å². The summed E-state index contributed by atoms with van der Waals surface area (Å²) in [6, 6.07) is 0. The SMILES string of the molecule is C[C@H]1Cc2c(O)c3c(c(O)c2O1)[C@@]1(C)CC[C@H]2C[C@@]2(C)C1=C(O)C3=O. The van der Waals surface area contributed by atoms with Crippen LogP contribution in [0.4, 0.5) is 0 Å². The zero-order chi connectivity index (χ0) is 17.9. The van der Waals surface area contributed by atoms with Crippen molar-refractivity contribution in [2.45, 2.75) is 58.0 Å². The standard InChI is InChI=1S/C20H22O5/c1-8-6-10-13(21)11-12(15(23)17(10)25-8)19(2)5-4-9-7-20(9,3)18(19)16(24)14(11)22/h8-9,21,23-24H,4-7H2,1-3H3/t8-,9-,19+,20+/m0/s1. The molecule has 0 aromatic heterocycles. The van der Waals surface area contributed by atoms with Crippen molar-refractivity contribution < 1.29 is 24.9 Å². The number of ketones is 1. The average molecular weight is 342 g/mol. The van der Waals surface area contributed by atoms with Gasteiger partial charge in [-0.15, -0.1) is 0 Å². The molecule has 2 fully saturated rings. The fourth-order valence-corrected chi connectivity index (χ4v) is 5.77. The maximum absolute atomic E-state index is 13.0. The highest BCUT2D eigenvalue weighted by Gasteiger charge is 2.64. The number of benzene rings is 1. The van der Waals surface area contributed by atoms with Gasteiger partial charge in [-0.3, -0.25) is 4.79 Å². The van der Waals surface area contributed by atoms with Crippen LogP contribution >= 0.6 is 0 Å². The monoisotopic (exact) mass is 342 g/mol. The lowest BCUT2D eigenvalue weighted by atomic mass is 9.58. The molecule has 1 aromatic rings. The summed E-state index contributed by atoms with van der Waals surface area (Å²) < 4.78 is 5.73. The molecule has 4 aliphatic rings. The second-order valence-corrected chi connectivity index (χ2v) is 8.63. The Morgan fingerprint density at radius 2 is 1.88 bits per heavy atom. The maximum atomic E-state index is 13.0. The minimum Gasteiger partial charge on any atom is -0.507 e. The third-order valence-electron chi connectivity index (χ3n) is 7.07. The molecule has 1 aliphatic heterocycles. The number of phenolic OH excluding ortho intramolecular Hbond substituents is 2. The number of hydrogen-bond donors (Lipinski definition) is 3. The summed E-state index contributed by atoms with van der Waals surface area (Å²) in [5.41, 5.74) is 0.820. The fourth-order valence-electron chi connectivity index (χ4n) is 5.77. The first kappa shape index (κ1) is 15.1. The van der Waals surface area contributed by atoms with E-state index < -0.39 is 11.2 Å². The summed E-state index contributed by atoms with van der Waals surface area (Å²) in [6.45, 7) is 5.91. The maximum Gasteiger partial charge on any atom is 0.231 e. The van der Waals surface area contributed by atoms with Crippen LogP contribution in [0.25, 0.3) is 0 Å². The number of aromatic hydroxyl groups is 2. The first-order valence-corrected chi connectivity index (χ1v) is 8.97. The Kier molecular flexibility index (Phi) is 2.50. The van der Waals surface area contributed by atoms with Crippen LogP contribution in [0.2, 0.25) is 0 Å². The van der Waals surface area contributed by atoms with Gasteiger partial charge in [0.1, 0.15) is 11.9 Å². The van der Waals surface area contributed by atoms with Crippen molar-refractivity contribution in [3.05, 3.63) is 28.0 Å². The molecule has 132 valence electrons. The van der Waals surface area contributed by atoms with Crippen molar-refractivity contribution in [2.24, 2.45) is 11.3 Å². The summed E-state index contributed by atoms with van der Waals surface area (Å²) in [4.78, 5) is 13.0. The van der Waals surface area contributed by atoms with Gasteiger partial charge >= 0.3 is 0 Å². The number of rotatable bonds is 0. The third-order valence-corrected chi connectivity index (χ3v) is 7.07. The second-order valence-electron chi connectivity index (χ2n) is 8.63. The number of ether oxygens (including phenoxy) is 1. The highest BCUT2D eigenvalue weighted by Crippen LogP contribution is 2.72. The molecule has 3 aliphatic carbocycles. The van der Waals surface area contributed by atoms with E-state index in [1.165, 1.54) is 0 Å². The highest BCUT2D eigenvalue weighted by molar-refractivity contribution is 6.14. The molecular formula is C20H22O5. The zero-order valence-electron chi connectivity index (χ0n) is 14.6. The molecule has 0 radical (unpaired) electrons. The molecule has 5 rings (SSSR count). The molecule has 4 atom stereocenters. The van der Waals surface area contributed by atoms with Gasteiger partial charge < -0.3 is 20.1 Å². The quantitative estimate of drug-likeness (QED) is 0.628. The summed E-state index contributed by atoms with van der Waals surface area (Å²) in [5, 5.41) is 32.6. The van der Waals surface area contributed by atoms with Gasteiger partial charge in [0.05, 0.1) is 5.56 Å². The molecule has 5 nitrogen and oxygen atoms in total. The zero-order valence-corrected chi connectivity index (χ0v) is 14.6. The summed E-state index contributed by atoms with van der Waals surface area (Å²) in [6.07, 6.45) is 2.93. The van der Waals surface area contributed by atoms with E-state index in [1.54, 1.807) is 0 Å².